The van der Waals surface area contributed by atoms with E-state index in [1.54, 1.807) is 6.33 Å². The summed E-state index contributed by atoms with van der Waals surface area (Å²) in [5, 5.41) is 0. The van der Waals surface area contributed by atoms with Crippen LogP contribution in [-0.2, 0) is 0 Å². The Hall–Kier alpha value is -2.04. The van der Waals surface area contributed by atoms with E-state index in [0.717, 1.165) is 33.3 Å². The molecule has 2 N–H and O–H groups in total. The summed E-state index contributed by atoms with van der Waals surface area (Å²) in [6.07, 6.45) is 1.75. The van der Waals surface area contributed by atoms with Crippen LogP contribution in [0, 0.1) is 13.8 Å². The first-order valence-electron chi connectivity index (χ1n) is 5.37. The average Bonchev–Trinajstić information content (AvgIpc) is 2.65. The summed E-state index contributed by atoms with van der Waals surface area (Å²) >= 11 is 0. The lowest BCUT2D eigenvalue weighted by atomic mass is 9.91. The number of benzene rings is 1. The molecule has 82 valence electrons. The van der Waals surface area contributed by atoms with Gasteiger partial charge in [-0.05, 0) is 26.0 Å². The number of fused-ring (bicyclic) bond motifs is 3. The normalized spacial score (nSPS) is 11.4. The topological polar surface area (TPSA) is 56.2 Å². The van der Waals surface area contributed by atoms with Crippen LogP contribution in [0.1, 0.15) is 11.3 Å². The van der Waals surface area contributed by atoms with Crippen molar-refractivity contribution in [1.29, 1.82) is 0 Å². The number of rotatable bonds is 0. The highest BCUT2D eigenvalue weighted by Gasteiger charge is 2.10. The van der Waals surface area contributed by atoms with Gasteiger partial charge in [-0.25, -0.2) is 9.97 Å². The maximum atomic E-state index is 5.95. The van der Waals surface area contributed by atoms with Crippen molar-refractivity contribution in [2.24, 2.45) is 0 Å². The Kier molecular flexibility index (Phi) is 1.93. The maximum absolute atomic E-state index is 5.95. The summed E-state index contributed by atoms with van der Waals surface area (Å²) in [6.45, 7) is 3.87. The lowest BCUT2D eigenvalue weighted by molar-refractivity contribution is 1.18. The molecule has 4 nitrogen and oxygen atoms in total. The van der Waals surface area contributed by atoms with E-state index in [4.69, 9.17) is 13.6 Å². The molecule has 2 heterocycles. The van der Waals surface area contributed by atoms with Gasteiger partial charge in [0, 0.05) is 0 Å². The second-order valence-corrected chi connectivity index (χ2v) is 4.24. The molecule has 2 aromatic heterocycles. The van der Waals surface area contributed by atoms with Crippen LogP contribution in [0.2, 0.25) is 0 Å². The van der Waals surface area contributed by atoms with Crippen LogP contribution in [0.3, 0.4) is 0 Å². The number of nitrogens with two attached hydrogens (primary N) is 1. The lowest BCUT2D eigenvalue weighted by Gasteiger charge is -2.08. The first kappa shape index (κ1) is 10.1. The van der Waals surface area contributed by atoms with E-state index >= 15 is 0 Å². The van der Waals surface area contributed by atoms with Crippen molar-refractivity contribution in [3.63, 3.8) is 0 Å². The predicted octanol–water partition coefficient (Wildman–Crippen LogP) is 0.875. The fraction of sp³-hybridized carbons (Fsp3) is 0.167. The molecule has 0 bridgehead atoms. The largest absolute Gasteiger partial charge is 0.382 e. The van der Waals surface area contributed by atoms with E-state index in [1.807, 2.05) is 30.4 Å². The summed E-state index contributed by atoms with van der Waals surface area (Å²) in [4.78, 5) is 8.66. The summed E-state index contributed by atoms with van der Waals surface area (Å²) in [6, 6.07) is 3.85. The Morgan fingerprint density at radius 1 is 1.29 bits per heavy atom. The van der Waals surface area contributed by atoms with Crippen LogP contribution < -0.4 is 11.2 Å². The van der Waals surface area contributed by atoms with Crippen LogP contribution in [0.5, 0.6) is 0 Å². The highest BCUT2D eigenvalue weighted by atomic mass is 15.0. The third-order valence-corrected chi connectivity index (χ3v) is 3.06. The van der Waals surface area contributed by atoms with E-state index in [1.165, 1.54) is 0 Å². The molecule has 5 heteroatoms. The molecular weight excluding hydrogens is 211 g/mol. The van der Waals surface area contributed by atoms with Crippen molar-refractivity contribution in [2.75, 3.05) is 5.73 Å². The zero-order valence-electron chi connectivity index (χ0n) is 9.73. The van der Waals surface area contributed by atoms with Gasteiger partial charge >= 0.3 is 0 Å². The standard InChI is InChI=1S/C12H11BN4/c1-6-3-9-10(4-8(6)13)17-5-15-7(2)11(17)12(14)16-9/h3-5H,1-2H3,(H2,14,16). The Balaban J connectivity index is 2.59. The third kappa shape index (κ3) is 1.32. The molecule has 0 aliphatic heterocycles. The second kappa shape index (κ2) is 3.23. The minimum atomic E-state index is 0.497. The molecule has 0 fully saturated rings. The number of nitrogens with zero attached hydrogens (tertiary/aromatic N) is 3. The highest BCUT2D eigenvalue weighted by molar-refractivity contribution is 6.34. The predicted molar refractivity (Wildman–Crippen MR) is 69.8 cm³/mol. The fourth-order valence-corrected chi connectivity index (χ4v) is 2.09. The van der Waals surface area contributed by atoms with Crippen molar-refractivity contribution in [2.45, 2.75) is 13.8 Å². The summed E-state index contributed by atoms with van der Waals surface area (Å²) in [7, 11) is 5.93. The first-order valence-corrected chi connectivity index (χ1v) is 5.37. The monoisotopic (exact) mass is 222 g/mol. The van der Waals surface area contributed by atoms with Gasteiger partial charge in [0.25, 0.3) is 0 Å². The van der Waals surface area contributed by atoms with Gasteiger partial charge in [0.2, 0.25) is 0 Å². The van der Waals surface area contributed by atoms with Crippen LogP contribution in [0.25, 0.3) is 16.6 Å². The van der Waals surface area contributed by atoms with Gasteiger partial charge in [-0.3, -0.25) is 4.40 Å². The van der Waals surface area contributed by atoms with Crippen molar-refractivity contribution in [3.05, 3.63) is 29.7 Å². The molecule has 0 unspecified atom stereocenters. The number of aromatic nitrogens is 3. The summed E-state index contributed by atoms with van der Waals surface area (Å²) in [5.41, 5.74) is 11.2. The van der Waals surface area contributed by atoms with Crippen molar-refractivity contribution in [3.8, 4) is 0 Å². The molecule has 1 aromatic carbocycles. The molecular formula is C12H11BN4. The minimum Gasteiger partial charge on any atom is -0.382 e. The van der Waals surface area contributed by atoms with Gasteiger partial charge in [-0.1, -0.05) is 11.0 Å². The molecule has 3 aromatic rings. The van der Waals surface area contributed by atoms with Gasteiger partial charge in [0.1, 0.15) is 25.5 Å². The molecule has 0 aliphatic rings. The third-order valence-electron chi connectivity index (χ3n) is 3.06. The van der Waals surface area contributed by atoms with Gasteiger partial charge in [-0.15, -0.1) is 0 Å². The van der Waals surface area contributed by atoms with E-state index < -0.39 is 0 Å². The fourth-order valence-electron chi connectivity index (χ4n) is 2.09. The molecule has 0 saturated heterocycles. The zero-order valence-corrected chi connectivity index (χ0v) is 9.73. The zero-order chi connectivity index (χ0) is 12.2. The minimum absolute atomic E-state index is 0.497. The van der Waals surface area contributed by atoms with Gasteiger partial charge in [-0.2, -0.15) is 0 Å². The molecule has 0 amide bonds. The van der Waals surface area contributed by atoms with Gasteiger partial charge in [0.05, 0.1) is 16.7 Å². The number of hydrogen-bond donors (Lipinski definition) is 1. The Bertz CT molecular complexity index is 745. The second-order valence-electron chi connectivity index (χ2n) is 4.24. The van der Waals surface area contributed by atoms with Crippen LogP contribution in [0.15, 0.2) is 18.5 Å². The highest BCUT2D eigenvalue weighted by Crippen LogP contribution is 2.21. The van der Waals surface area contributed by atoms with Crippen LogP contribution >= 0.6 is 0 Å². The summed E-state index contributed by atoms with van der Waals surface area (Å²) in [5.74, 6) is 0.497. The molecule has 0 saturated carbocycles. The summed E-state index contributed by atoms with van der Waals surface area (Å²) < 4.78 is 1.93. The smallest absolute Gasteiger partial charge is 0.150 e. The molecule has 2 radical (unpaired) electrons. The maximum Gasteiger partial charge on any atom is 0.150 e. The number of imidazole rings is 1. The van der Waals surface area contributed by atoms with Crippen LogP contribution in [0.4, 0.5) is 5.82 Å². The van der Waals surface area contributed by atoms with E-state index in [-0.39, 0.29) is 0 Å². The van der Waals surface area contributed by atoms with E-state index in [2.05, 4.69) is 9.97 Å². The molecule has 3 rings (SSSR count). The number of aryl methyl sites for hydroxylation is 2. The Morgan fingerprint density at radius 3 is 2.82 bits per heavy atom. The first-order chi connectivity index (χ1) is 8.08. The SMILES string of the molecule is [B]c1cc2c(cc1C)nc(N)c1c(C)ncn12. The number of nitrogen functional groups attached to an aromatic ring is 1. The van der Waals surface area contributed by atoms with Gasteiger partial charge < -0.3 is 5.73 Å². The van der Waals surface area contributed by atoms with Crippen molar-refractivity contribution < 1.29 is 0 Å². The average molecular weight is 222 g/mol. The van der Waals surface area contributed by atoms with Gasteiger partial charge in [0.15, 0.2) is 0 Å². The Labute approximate surface area is 99.9 Å². The molecule has 0 aliphatic carbocycles. The van der Waals surface area contributed by atoms with Crippen LogP contribution in [-0.4, -0.2) is 22.2 Å². The van der Waals surface area contributed by atoms with Crippen molar-refractivity contribution in [1.82, 2.24) is 14.4 Å². The quantitative estimate of drug-likeness (QED) is 0.574. The molecule has 17 heavy (non-hydrogen) atoms. The number of hydrogen-bond acceptors (Lipinski definition) is 3. The number of anilines is 1. The molecule has 0 atom stereocenters. The van der Waals surface area contributed by atoms with E-state index in [9.17, 15) is 0 Å². The molecule has 0 spiro atoms. The lowest BCUT2D eigenvalue weighted by Crippen LogP contribution is -2.09. The van der Waals surface area contributed by atoms with E-state index in [0.29, 0.717) is 5.82 Å². The van der Waals surface area contributed by atoms with Crippen molar-refractivity contribution >= 4 is 35.7 Å². The Morgan fingerprint density at radius 2 is 2.06 bits per heavy atom.